The molecular weight excluding hydrogens is 211 g/mol. The van der Waals surface area contributed by atoms with Gasteiger partial charge in [0.05, 0.1) is 12.7 Å². The fraction of sp³-hybridized carbons (Fsp3) is 0.182. The predicted octanol–water partition coefficient (Wildman–Crippen LogP) is 2.38. The first kappa shape index (κ1) is 10.5. The molecule has 2 rings (SSSR count). The zero-order valence-electron chi connectivity index (χ0n) is 8.95. The Morgan fingerprint density at radius 2 is 2.12 bits per heavy atom. The Hall–Kier alpha value is -2.04. The molecular formula is C11H11FN2O2. The van der Waals surface area contributed by atoms with E-state index in [9.17, 15) is 4.39 Å². The summed E-state index contributed by atoms with van der Waals surface area (Å²) in [5.74, 6) is 0.195. The highest BCUT2D eigenvalue weighted by molar-refractivity contribution is 5.64. The van der Waals surface area contributed by atoms with Gasteiger partial charge < -0.3 is 15.0 Å². The first-order valence-corrected chi connectivity index (χ1v) is 4.68. The number of nitrogen functional groups attached to an aromatic ring is 1. The standard InChI is InChI=1S/C11H11FN2O2/c1-6-3-7(8-5-10(13)14-16-8)11(12)9(4-6)15-2/h3-5H,1-2H3,(H2,13,14). The number of methoxy groups -OCH3 is 1. The van der Waals surface area contributed by atoms with Gasteiger partial charge in [-0.2, -0.15) is 0 Å². The number of hydrogen-bond acceptors (Lipinski definition) is 4. The lowest BCUT2D eigenvalue weighted by Crippen LogP contribution is -1.92. The van der Waals surface area contributed by atoms with E-state index in [1.165, 1.54) is 13.2 Å². The van der Waals surface area contributed by atoms with E-state index in [1.54, 1.807) is 12.1 Å². The Morgan fingerprint density at radius 3 is 2.69 bits per heavy atom. The second-order valence-electron chi connectivity index (χ2n) is 3.44. The van der Waals surface area contributed by atoms with Crippen molar-refractivity contribution in [1.82, 2.24) is 5.16 Å². The average Bonchev–Trinajstić information content (AvgIpc) is 2.67. The summed E-state index contributed by atoms with van der Waals surface area (Å²) in [5.41, 5.74) is 6.57. The SMILES string of the molecule is COc1cc(C)cc(-c2cc(N)no2)c1F. The molecule has 0 aliphatic heterocycles. The molecule has 1 aromatic carbocycles. The van der Waals surface area contributed by atoms with Crippen LogP contribution in [0.5, 0.6) is 5.75 Å². The summed E-state index contributed by atoms with van der Waals surface area (Å²) < 4.78 is 23.7. The maximum Gasteiger partial charge on any atom is 0.176 e. The molecule has 0 aliphatic rings. The van der Waals surface area contributed by atoms with E-state index in [0.29, 0.717) is 5.56 Å². The van der Waals surface area contributed by atoms with Crippen LogP contribution >= 0.6 is 0 Å². The Balaban J connectivity index is 2.60. The number of halogens is 1. The van der Waals surface area contributed by atoms with Gasteiger partial charge in [-0.1, -0.05) is 5.16 Å². The number of aromatic nitrogens is 1. The minimum Gasteiger partial charge on any atom is -0.494 e. The maximum atomic E-state index is 13.9. The van der Waals surface area contributed by atoms with Crippen molar-refractivity contribution < 1.29 is 13.7 Å². The summed E-state index contributed by atoms with van der Waals surface area (Å²) in [6.07, 6.45) is 0. The zero-order valence-corrected chi connectivity index (χ0v) is 8.95. The molecule has 84 valence electrons. The summed E-state index contributed by atoms with van der Waals surface area (Å²) >= 11 is 0. The van der Waals surface area contributed by atoms with E-state index in [1.807, 2.05) is 6.92 Å². The predicted molar refractivity (Wildman–Crippen MR) is 57.6 cm³/mol. The number of nitrogens with two attached hydrogens (primary N) is 1. The van der Waals surface area contributed by atoms with Crippen LogP contribution < -0.4 is 10.5 Å². The fourth-order valence-corrected chi connectivity index (χ4v) is 1.48. The van der Waals surface area contributed by atoms with Crippen LogP contribution in [0.3, 0.4) is 0 Å². The number of benzene rings is 1. The summed E-state index contributed by atoms with van der Waals surface area (Å²) in [5, 5.41) is 3.51. The summed E-state index contributed by atoms with van der Waals surface area (Å²) in [4.78, 5) is 0. The zero-order chi connectivity index (χ0) is 11.7. The number of ether oxygens (including phenoxy) is 1. The third-order valence-corrected chi connectivity index (χ3v) is 2.20. The smallest absolute Gasteiger partial charge is 0.176 e. The summed E-state index contributed by atoms with van der Waals surface area (Å²) in [6.45, 7) is 1.84. The molecule has 0 bridgehead atoms. The van der Waals surface area contributed by atoms with Crippen molar-refractivity contribution in [3.05, 3.63) is 29.6 Å². The van der Waals surface area contributed by atoms with Gasteiger partial charge in [-0.3, -0.25) is 0 Å². The molecule has 0 aliphatic carbocycles. The van der Waals surface area contributed by atoms with Crippen LogP contribution in [0, 0.1) is 12.7 Å². The third-order valence-electron chi connectivity index (χ3n) is 2.20. The Bertz CT molecular complexity index is 523. The van der Waals surface area contributed by atoms with Gasteiger partial charge in [0.25, 0.3) is 0 Å². The topological polar surface area (TPSA) is 61.3 Å². The minimum atomic E-state index is -0.482. The van der Waals surface area contributed by atoms with Crippen LogP contribution in [0.4, 0.5) is 10.2 Å². The Morgan fingerprint density at radius 1 is 1.38 bits per heavy atom. The third kappa shape index (κ3) is 1.71. The Kier molecular flexibility index (Phi) is 2.52. The van der Waals surface area contributed by atoms with Gasteiger partial charge in [0, 0.05) is 6.07 Å². The highest BCUT2D eigenvalue weighted by atomic mass is 19.1. The monoisotopic (exact) mass is 222 g/mol. The molecule has 0 saturated heterocycles. The largest absolute Gasteiger partial charge is 0.494 e. The molecule has 5 heteroatoms. The highest BCUT2D eigenvalue weighted by Crippen LogP contribution is 2.31. The van der Waals surface area contributed by atoms with E-state index < -0.39 is 5.82 Å². The van der Waals surface area contributed by atoms with Crippen LogP contribution in [0.1, 0.15) is 5.56 Å². The quantitative estimate of drug-likeness (QED) is 0.847. The van der Waals surface area contributed by atoms with Crippen LogP contribution in [0.2, 0.25) is 0 Å². The number of hydrogen-bond donors (Lipinski definition) is 1. The van der Waals surface area contributed by atoms with Crippen molar-refractivity contribution in [1.29, 1.82) is 0 Å². The molecule has 2 N–H and O–H groups in total. The van der Waals surface area contributed by atoms with Crippen LogP contribution in [-0.4, -0.2) is 12.3 Å². The van der Waals surface area contributed by atoms with Crippen LogP contribution in [0.25, 0.3) is 11.3 Å². The Labute approximate surface area is 91.8 Å². The molecule has 1 heterocycles. The van der Waals surface area contributed by atoms with Crippen molar-refractivity contribution in [2.45, 2.75) is 6.92 Å². The van der Waals surface area contributed by atoms with E-state index in [0.717, 1.165) is 5.56 Å². The molecule has 0 amide bonds. The van der Waals surface area contributed by atoms with Crippen LogP contribution in [-0.2, 0) is 0 Å². The lowest BCUT2D eigenvalue weighted by atomic mass is 10.1. The number of nitrogens with zero attached hydrogens (tertiary/aromatic N) is 1. The van der Waals surface area contributed by atoms with E-state index >= 15 is 0 Å². The molecule has 0 fully saturated rings. The van der Waals surface area contributed by atoms with Crippen molar-refractivity contribution in [3.8, 4) is 17.1 Å². The van der Waals surface area contributed by atoms with E-state index in [4.69, 9.17) is 15.0 Å². The molecule has 2 aromatic rings. The lowest BCUT2D eigenvalue weighted by Gasteiger charge is -2.06. The molecule has 0 saturated carbocycles. The van der Waals surface area contributed by atoms with E-state index in [2.05, 4.69) is 5.16 Å². The molecule has 1 aromatic heterocycles. The number of anilines is 1. The van der Waals surface area contributed by atoms with Gasteiger partial charge in [-0.05, 0) is 24.6 Å². The molecule has 4 nitrogen and oxygen atoms in total. The number of rotatable bonds is 2. The van der Waals surface area contributed by atoms with Gasteiger partial charge >= 0.3 is 0 Å². The average molecular weight is 222 g/mol. The normalized spacial score (nSPS) is 10.4. The summed E-state index contributed by atoms with van der Waals surface area (Å²) in [7, 11) is 1.41. The fourth-order valence-electron chi connectivity index (χ4n) is 1.48. The molecule has 0 spiro atoms. The summed E-state index contributed by atoms with van der Waals surface area (Å²) in [6, 6.07) is 4.73. The second kappa shape index (κ2) is 3.84. The van der Waals surface area contributed by atoms with Gasteiger partial charge in [-0.15, -0.1) is 0 Å². The second-order valence-corrected chi connectivity index (χ2v) is 3.44. The maximum absolute atomic E-state index is 13.9. The van der Waals surface area contributed by atoms with Crippen LogP contribution in [0.15, 0.2) is 22.7 Å². The molecule has 16 heavy (non-hydrogen) atoms. The first-order valence-electron chi connectivity index (χ1n) is 4.68. The van der Waals surface area contributed by atoms with Gasteiger partial charge in [0.15, 0.2) is 23.1 Å². The molecule has 0 unspecified atom stereocenters. The molecule has 0 atom stereocenters. The van der Waals surface area contributed by atoms with Gasteiger partial charge in [-0.25, -0.2) is 4.39 Å². The minimum absolute atomic E-state index is 0.171. The lowest BCUT2D eigenvalue weighted by molar-refractivity contribution is 0.384. The van der Waals surface area contributed by atoms with Crippen molar-refractivity contribution in [2.24, 2.45) is 0 Å². The molecule has 0 radical (unpaired) electrons. The van der Waals surface area contributed by atoms with Crippen molar-refractivity contribution >= 4 is 5.82 Å². The van der Waals surface area contributed by atoms with Gasteiger partial charge in [0.1, 0.15) is 0 Å². The number of aryl methyl sites for hydroxylation is 1. The van der Waals surface area contributed by atoms with Gasteiger partial charge in [0.2, 0.25) is 0 Å². The van der Waals surface area contributed by atoms with Crippen molar-refractivity contribution in [2.75, 3.05) is 12.8 Å². The highest BCUT2D eigenvalue weighted by Gasteiger charge is 2.15. The van der Waals surface area contributed by atoms with Crippen molar-refractivity contribution in [3.63, 3.8) is 0 Å². The van der Waals surface area contributed by atoms with E-state index in [-0.39, 0.29) is 17.3 Å². The first-order chi connectivity index (χ1) is 7.61.